The van der Waals surface area contributed by atoms with Crippen molar-refractivity contribution in [2.75, 3.05) is 0 Å². The van der Waals surface area contributed by atoms with Crippen LogP contribution < -0.4 is 5.32 Å². The lowest BCUT2D eigenvalue weighted by atomic mass is 9.66. The van der Waals surface area contributed by atoms with Gasteiger partial charge >= 0.3 is 0 Å². The molecule has 3 aromatic rings. The fourth-order valence-corrected chi connectivity index (χ4v) is 5.74. The minimum atomic E-state index is 0.252. The van der Waals surface area contributed by atoms with Crippen LogP contribution in [0.5, 0.6) is 0 Å². The third kappa shape index (κ3) is 4.46. The first-order valence-electron chi connectivity index (χ1n) is 11.8. The van der Waals surface area contributed by atoms with Crippen LogP contribution >= 0.6 is 0 Å². The second kappa shape index (κ2) is 9.66. The Balaban J connectivity index is 1.43. The highest BCUT2D eigenvalue weighted by Gasteiger charge is 2.47. The standard InChI is InChI=1S/C28H31N3O/c32-27-18-24(22-12-5-2-6-13-22)28-25(30-19-23-14-7-8-17-29-23)15-9-16-26(28)31(27)20-21-10-3-1-4-11-21/h1-8,10-14,17,24-26,28,30H,9,15-16,18-20H2/t24-,25+,26-,28+/m1/s1. The molecule has 2 aromatic carbocycles. The molecule has 1 aromatic heterocycles. The van der Waals surface area contributed by atoms with Crippen LogP contribution in [0.1, 0.15) is 48.4 Å². The third-order valence-corrected chi connectivity index (χ3v) is 7.20. The van der Waals surface area contributed by atoms with Gasteiger partial charge in [-0.25, -0.2) is 0 Å². The molecule has 4 nitrogen and oxygen atoms in total. The summed E-state index contributed by atoms with van der Waals surface area (Å²) in [6.45, 7) is 1.47. The first kappa shape index (κ1) is 20.9. The van der Waals surface area contributed by atoms with Crippen molar-refractivity contribution in [2.24, 2.45) is 5.92 Å². The van der Waals surface area contributed by atoms with Crippen molar-refractivity contribution in [3.8, 4) is 0 Å². The highest BCUT2D eigenvalue weighted by molar-refractivity contribution is 5.79. The van der Waals surface area contributed by atoms with Crippen molar-refractivity contribution in [3.05, 3.63) is 102 Å². The van der Waals surface area contributed by atoms with Gasteiger partial charge in [-0.2, -0.15) is 0 Å². The van der Waals surface area contributed by atoms with Gasteiger partial charge in [0.15, 0.2) is 0 Å². The molecule has 164 valence electrons. The van der Waals surface area contributed by atoms with E-state index in [1.54, 1.807) is 0 Å². The molecule has 0 bridgehead atoms. The monoisotopic (exact) mass is 425 g/mol. The largest absolute Gasteiger partial charge is 0.335 e. The Hall–Kier alpha value is -2.98. The van der Waals surface area contributed by atoms with Gasteiger partial charge in [0.2, 0.25) is 5.91 Å². The molecule has 2 fully saturated rings. The number of piperidine rings is 1. The second-order valence-corrected chi connectivity index (χ2v) is 9.11. The van der Waals surface area contributed by atoms with Gasteiger partial charge in [-0.3, -0.25) is 9.78 Å². The summed E-state index contributed by atoms with van der Waals surface area (Å²) in [5, 5.41) is 3.84. The van der Waals surface area contributed by atoms with Crippen molar-refractivity contribution in [1.82, 2.24) is 15.2 Å². The Kier molecular flexibility index (Phi) is 6.31. The van der Waals surface area contributed by atoms with Crippen LogP contribution in [-0.2, 0) is 17.9 Å². The number of rotatable bonds is 6. The summed E-state index contributed by atoms with van der Waals surface area (Å²) in [6, 6.07) is 27.8. The van der Waals surface area contributed by atoms with Crippen molar-refractivity contribution < 1.29 is 4.79 Å². The van der Waals surface area contributed by atoms with Crippen LogP contribution in [0.15, 0.2) is 85.1 Å². The average Bonchev–Trinajstić information content (AvgIpc) is 2.86. The van der Waals surface area contributed by atoms with Crippen LogP contribution in [0.4, 0.5) is 0 Å². The van der Waals surface area contributed by atoms with E-state index in [-0.39, 0.29) is 17.9 Å². The molecule has 2 aliphatic rings. The molecule has 1 aliphatic carbocycles. The van der Waals surface area contributed by atoms with Crippen LogP contribution in [0.2, 0.25) is 0 Å². The van der Waals surface area contributed by atoms with Gasteiger partial charge in [-0.1, -0.05) is 66.7 Å². The fourth-order valence-electron chi connectivity index (χ4n) is 5.74. The van der Waals surface area contributed by atoms with Crippen LogP contribution in [-0.4, -0.2) is 27.9 Å². The Labute approximate surface area is 190 Å². The molecule has 32 heavy (non-hydrogen) atoms. The predicted molar refractivity (Wildman–Crippen MR) is 127 cm³/mol. The molecule has 2 heterocycles. The Morgan fingerprint density at radius 2 is 1.66 bits per heavy atom. The zero-order valence-electron chi connectivity index (χ0n) is 18.4. The minimum absolute atomic E-state index is 0.252. The molecule has 1 N–H and O–H groups in total. The number of nitrogens with one attached hydrogen (secondary N) is 1. The molecule has 4 atom stereocenters. The lowest BCUT2D eigenvalue weighted by Gasteiger charge is -2.51. The summed E-state index contributed by atoms with van der Waals surface area (Å²) in [7, 11) is 0. The molecule has 0 spiro atoms. The van der Waals surface area contributed by atoms with Crippen molar-refractivity contribution in [1.29, 1.82) is 0 Å². The van der Waals surface area contributed by atoms with E-state index >= 15 is 0 Å². The summed E-state index contributed by atoms with van der Waals surface area (Å²) in [5.41, 5.74) is 3.57. The lowest BCUT2D eigenvalue weighted by molar-refractivity contribution is -0.143. The van der Waals surface area contributed by atoms with E-state index in [4.69, 9.17) is 0 Å². The number of fused-ring (bicyclic) bond motifs is 1. The fraction of sp³-hybridized carbons (Fsp3) is 0.357. The summed E-state index contributed by atoms with van der Waals surface area (Å²) in [4.78, 5) is 20.1. The smallest absolute Gasteiger partial charge is 0.223 e. The Morgan fingerprint density at radius 3 is 2.41 bits per heavy atom. The number of carbonyl (C=O) groups excluding carboxylic acids is 1. The summed E-state index contributed by atoms with van der Waals surface area (Å²) >= 11 is 0. The Morgan fingerprint density at radius 1 is 0.906 bits per heavy atom. The van der Waals surface area contributed by atoms with Gasteiger partial charge in [-0.05, 0) is 48.4 Å². The molecule has 1 amide bonds. The number of amides is 1. The molecular formula is C28H31N3O. The van der Waals surface area contributed by atoms with E-state index in [1.807, 2.05) is 24.4 Å². The number of benzene rings is 2. The number of aromatic nitrogens is 1. The number of nitrogens with zero attached hydrogens (tertiary/aromatic N) is 2. The number of hydrogen-bond acceptors (Lipinski definition) is 3. The van der Waals surface area contributed by atoms with E-state index in [1.165, 1.54) is 11.1 Å². The lowest BCUT2D eigenvalue weighted by Crippen LogP contribution is -2.59. The zero-order valence-corrected chi connectivity index (χ0v) is 18.4. The predicted octanol–water partition coefficient (Wildman–Crippen LogP) is 4.92. The first-order chi connectivity index (χ1) is 15.8. The minimum Gasteiger partial charge on any atom is -0.335 e. The number of likely N-dealkylation sites (tertiary alicyclic amines) is 1. The molecule has 0 unspecified atom stereocenters. The summed E-state index contributed by atoms with van der Waals surface area (Å²) in [6.07, 6.45) is 5.80. The SMILES string of the molecule is O=C1C[C@H](c2ccccc2)[C@H]2[C@@H](NCc3ccccn3)CCC[C@H]2N1Cc1ccccc1. The van der Waals surface area contributed by atoms with E-state index in [0.29, 0.717) is 24.9 Å². The average molecular weight is 426 g/mol. The van der Waals surface area contributed by atoms with Gasteiger partial charge in [0.1, 0.15) is 0 Å². The topological polar surface area (TPSA) is 45.2 Å². The van der Waals surface area contributed by atoms with Crippen LogP contribution in [0.25, 0.3) is 0 Å². The molecule has 1 saturated heterocycles. The first-order valence-corrected chi connectivity index (χ1v) is 11.8. The van der Waals surface area contributed by atoms with E-state index < -0.39 is 0 Å². The van der Waals surface area contributed by atoms with Gasteiger partial charge in [0, 0.05) is 43.7 Å². The molecule has 4 heteroatoms. The molecule has 1 aliphatic heterocycles. The van der Waals surface area contributed by atoms with E-state index in [0.717, 1.165) is 31.5 Å². The van der Waals surface area contributed by atoms with Crippen molar-refractivity contribution in [2.45, 2.75) is 56.8 Å². The van der Waals surface area contributed by atoms with Gasteiger partial charge in [0.25, 0.3) is 0 Å². The van der Waals surface area contributed by atoms with E-state index in [2.05, 4.69) is 75.9 Å². The van der Waals surface area contributed by atoms with Gasteiger partial charge in [-0.15, -0.1) is 0 Å². The third-order valence-electron chi connectivity index (χ3n) is 7.20. The number of pyridine rings is 1. The second-order valence-electron chi connectivity index (χ2n) is 9.11. The van der Waals surface area contributed by atoms with E-state index in [9.17, 15) is 4.79 Å². The Bertz CT molecular complexity index is 1010. The molecular weight excluding hydrogens is 394 g/mol. The zero-order chi connectivity index (χ0) is 21.8. The van der Waals surface area contributed by atoms with Crippen LogP contribution in [0, 0.1) is 5.92 Å². The van der Waals surface area contributed by atoms with Crippen molar-refractivity contribution >= 4 is 5.91 Å². The van der Waals surface area contributed by atoms with Crippen LogP contribution in [0.3, 0.4) is 0 Å². The highest BCUT2D eigenvalue weighted by Crippen LogP contribution is 2.45. The molecule has 5 rings (SSSR count). The van der Waals surface area contributed by atoms with Gasteiger partial charge < -0.3 is 10.2 Å². The van der Waals surface area contributed by atoms with Crippen molar-refractivity contribution in [3.63, 3.8) is 0 Å². The molecule has 1 saturated carbocycles. The van der Waals surface area contributed by atoms with Gasteiger partial charge in [0.05, 0.1) is 5.69 Å². The molecule has 0 radical (unpaired) electrons. The highest BCUT2D eigenvalue weighted by atomic mass is 16.2. The summed E-state index contributed by atoms with van der Waals surface area (Å²) in [5.74, 6) is 0.938. The summed E-state index contributed by atoms with van der Waals surface area (Å²) < 4.78 is 0. The number of hydrogen-bond donors (Lipinski definition) is 1. The number of carbonyl (C=O) groups is 1. The normalized spacial score (nSPS) is 25.4. The quantitative estimate of drug-likeness (QED) is 0.609. The maximum Gasteiger partial charge on any atom is 0.223 e. The maximum atomic E-state index is 13.4. The maximum absolute atomic E-state index is 13.4.